The number of likely N-dealkylation sites (tertiary alicyclic amines) is 1. The summed E-state index contributed by atoms with van der Waals surface area (Å²) in [6, 6.07) is 13.1. The van der Waals surface area contributed by atoms with Crippen LogP contribution < -0.4 is 5.32 Å². The molecule has 3 heteroatoms. The monoisotopic (exact) mass is 295 g/mol. The summed E-state index contributed by atoms with van der Waals surface area (Å²) < 4.78 is 0. The lowest BCUT2D eigenvalue weighted by Crippen LogP contribution is -2.29. The molecule has 0 spiro atoms. The first kappa shape index (κ1) is 15.2. The van der Waals surface area contributed by atoms with Crippen molar-refractivity contribution in [3.05, 3.63) is 65.5 Å². The highest BCUT2D eigenvalue weighted by Crippen LogP contribution is 2.13. The lowest BCUT2D eigenvalue weighted by molar-refractivity contribution is 0.221. The molecule has 1 aliphatic rings. The maximum atomic E-state index is 4.13. The highest BCUT2D eigenvalue weighted by Gasteiger charge is 2.09. The largest absolute Gasteiger partial charge is 0.309 e. The fourth-order valence-corrected chi connectivity index (χ4v) is 2.99. The number of nitrogens with one attached hydrogen (secondary N) is 1. The molecule has 1 N–H and O–H groups in total. The van der Waals surface area contributed by atoms with Gasteiger partial charge in [-0.25, -0.2) is 0 Å². The number of hydrogen-bond donors (Lipinski definition) is 1. The zero-order valence-electron chi connectivity index (χ0n) is 13.2. The van der Waals surface area contributed by atoms with Gasteiger partial charge in [0.25, 0.3) is 0 Å². The standard InChI is InChI=1S/C19H25N3/c1-2-11-22(12-3-1)16-18-8-6-17(7-9-18)13-21-15-19-5-4-10-20-14-19/h4-10,14,21H,1-3,11-13,15-16H2. The molecule has 1 aliphatic heterocycles. The molecule has 22 heavy (non-hydrogen) atoms. The molecular weight excluding hydrogens is 270 g/mol. The summed E-state index contributed by atoms with van der Waals surface area (Å²) in [5.74, 6) is 0. The van der Waals surface area contributed by atoms with E-state index >= 15 is 0 Å². The molecule has 2 heterocycles. The van der Waals surface area contributed by atoms with Gasteiger partial charge in [-0.2, -0.15) is 0 Å². The Kier molecular flexibility index (Phi) is 5.57. The van der Waals surface area contributed by atoms with Crippen LogP contribution in [0.15, 0.2) is 48.8 Å². The maximum Gasteiger partial charge on any atom is 0.0312 e. The molecule has 0 radical (unpaired) electrons. The van der Waals surface area contributed by atoms with Gasteiger partial charge in [0.1, 0.15) is 0 Å². The number of piperidine rings is 1. The van der Waals surface area contributed by atoms with Crippen molar-refractivity contribution in [3.8, 4) is 0 Å². The molecule has 116 valence electrons. The smallest absolute Gasteiger partial charge is 0.0312 e. The van der Waals surface area contributed by atoms with E-state index in [2.05, 4.69) is 45.5 Å². The highest BCUT2D eigenvalue weighted by atomic mass is 15.1. The fraction of sp³-hybridized carbons (Fsp3) is 0.421. The van der Waals surface area contributed by atoms with E-state index in [1.165, 1.54) is 49.0 Å². The average Bonchev–Trinajstić information content (AvgIpc) is 2.58. The van der Waals surface area contributed by atoms with Gasteiger partial charge in [-0.05, 0) is 48.7 Å². The molecule has 3 rings (SSSR count). The fourth-order valence-electron chi connectivity index (χ4n) is 2.99. The van der Waals surface area contributed by atoms with Crippen LogP contribution in [-0.2, 0) is 19.6 Å². The summed E-state index contributed by atoms with van der Waals surface area (Å²) >= 11 is 0. The normalized spacial score (nSPS) is 15.8. The number of nitrogens with zero attached hydrogens (tertiary/aromatic N) is 2. The van der Waals surface area contributed by atoms with Crippen LogP contribution in [0.1, 0.15) is 36.0 Å². The third kappa shape index (κ3) is 4.65. The van der Waals surface area contributed by atoms with Crippen LogP contribution in [0.4, 0.5) is 0 Å². The number of aromatic nitrogens is 1. The predicted octanol–water partition coefficient (Wildman–Crippen LogP) is 3.36. The van der Waals surface area contributed by atoms with Gasteiger partial charge in [0.05, 0.1) is 0 Å². The highest BCUT2D eigenvalue weighted by molar-refractivity contribution is 5.22. The summed E-state index contributed by atoms with van der Waals surface area (Å²) in [5, 5.41) is 3.47. The Labute approximate surface area is 133 Å². The van der Waals surface area contributed by atoms with Crippen LogP contribution in [0.25, 0.3) is 0 Å². The van der Waals surface area contributed by atoms with E-state index in [9.17, 15) is 0 Å². The van der Waals surface area contributed by atoms with Gasteiger partial charge in [0.2, 0.25) is 0 Å². The predicted molar refractivity (Wildman–Crippen MR) is 90.4 cm³/mol. The average molecular weight is 295 g/mol. The van der Waals surface area contributed by atoms with E-state index in [0.29, 0.717) is 0 Å². The summed E-state index contributed by atoms with van der Waals surface area (Å²) in [5.41, 5.74) is 3.99. The van der Waals surface area contributed by atoms with E-state index in [1.807, 2.05) is 18.5 Å². The SMILES string of the molecule is c1cncc(CNCc2ccc(CN3CCCCC3)cc2)c1. The first-order valence-corrected chi connectivity index (χ1v) is 8.30. The zero-order chi connectivity index (χ0) is 15.0. The Bertz CT molecular complexity index is 545. The summed E-state index contributed by atoms with van der Waals surface area (Å²) in [7, 11) is 0. The van der Waals surface area contributed by atoms with Crippen molar-refractivity contribution >= 4 is 0 Å². The minimum atomic E-state index is 0.864. The Hall–Kier alpha value is -1.71. The van der Waals surface area contributed by atoms with Crippen LogP contribution in [0.3, 0.4) is 0 Å². The molecule has 1 saturated heterocycles. The lowest BCUT2D eigenvalue weighted by Gasteiger charge is -2.26. The van der Waals surface area contributed by atoms with E-state index in [0.717, 1.165) is 19.6 Å². The molecule has 0 aliphatic carbocycles. The zero-order valence-corrected chi connectivity index (χ0v) is 13.2. The Morgan fingerprint density at radius 1 is 0.864 bits per heavy atom. The van der Waals surface area contributed by atoms with Gasteiger partial charge in [-0.1, -0.05) is 36.8 Å². The molecule has 2 aromatic rings. The van der Waals surface area contributed by atoms with Crippen molar-refractivity contribution in [2.24, 2.45) is 0 Å². The second-order valence-electron chi connectivity index (χ2n) is 6.12. The van der Waals surface area contributed by atoms with Gasteiger partial charge >= 0.3 is 0 Å². The van der Waals surface area contributed by atoms with E-state index in [-0.39, 0.29) is 0 Å². The minimum Gasteiger partial charge on any atom is -0.309 e. The van der Waals surface area contributed by atoms with Crippen molar-refractivity contribution < 1.29 is 0 Å². The number of pyridine rings is 1. The first-order chi connectivity index (χ1) is 10.9. The number of rotatable bonds is 6. The summed E-state index contributed by atoms with van der Waals surface area (Å²) in [6.45, 7) is 5.38. The third-order valence-electron chi connectivity index (χ3n) is 4.26. The third-order valence-corrected chi connectivity index (χ3v) is 4.26. The quantitative estimate of drug-likeness (QED) is 0.886. The van der Waals surface area contributed by atoms with Gasteiger partial charge in [0.15, 0.2) is 0 Å². The van der Waals surface area contributed by atoms with Gasteiger partial charge in [-0.3, -0.25) is 9.88 Å². The second-order valence-corrected chi connectivity index (χ2v) is 6.12. The Morgan fingerprint density at radius 3 is 2.32 bits per heavy atom. The second kappa shape index (κ2) is 8.06. The van der Waals surface area contributed by atoms with Crippen LogP contribution in [0.5, 0.6) is 0 Å². The first-order valence-electron chi connectivity index (χ1n) is 8.30. The molecular formula is C19H25N3. The summed E-state index contributed by atoms with van der Waals surface area (Å²) in [6.07, 6.45) is 7.84. The number of hydrogen-bond acceptors (Lipinski definition) is 3. The van der Waals surface area contributed by atoms with Crippen molar-refractivity contribution in [1.82, 2.24) is 15.2 Å². The molecule has 1 aromatic carbocycles. The van der Waals surface area contributed by atoms with Crippen molar-refractivity contribution in [2.45, 2.75) is 38.9 Å². The molecule has 0 bridgehead atoms. The van der Waals surface area contributed by atoms with Crippen LogP contribution in [-0.4, -0.2) is 23.0 Å². The van der Waals surface area contributed by atoms with Crippen LogP contribution in [0.2, 0.25) is 0 Å². The number of benzene rings is 1. The van der Waals surface area contributed by atoms with E-state index in [4.69, 9.17) is 0 Å². The van der Waals surface area contributed by atoms with Crippen LogP contribution in [0, 0.1) is 0 Å². The van der Waals surface area contributed by atoms with E-state index in [1.54, 1.807) is 0 Å². The molecule has 0 atom stereocenters. The topological polar surface area (TPSA) is 28.2 Å². The van der Waals surface area contributed by atoms with Crippen LogP contribution >= 0.6 is 0 Å². The minimum absolute atomic E-state index is 0.864. The van der Waals surface area contributed by atoms with Crippen molar-refractivity contribution in [2.75, 3.05) is 13.1 Å². The van der Waals surface area contributed by atoms with Crippen molar-refractivity contribution in [3.63, 3.8) is 0 Å². The Morgan fingerprint density at radius 2 is 1.59 bits per heavy atom. The summed E-state index contributed by atoms with van der Waals surface area (Å²) in [4.78, 5) is 6.70. The molecule has 1 aromatic heterocycles. The maximum absolute atomic E-state index is 4.13. The molecule has 0 amide bonds. The van der Waals surface area contributed by atoms with Gasteiger partial charge < -0.3 is 5.32 Å². The Balaban J connectivity index is 1.44. The lowest BCUT2D eigenvalue weighted by atomic mass is 10.1. The van der Waals surface area contributed by atoms with E-state index < -0.39 is 0 Å². The molecule has 0 saturated carbocycles. The van der Waals surface area contributed by atoms with Gasteiger partial charge in [-0.15, -0.1) is 0 Å². The molecule has 3 nitrogen and oxygen atoms in total. The van der Waals surface area contributed by atoms with Crippen molar-refractivity contribution in [1.29, 1.82) is 0 Å². The molecule has 0 unspecified atom stereocenters. The van der Waals surface area contributed by atoms with Gasteiger partial charge in [0, 0.05) is 32.0 Å². The molecule has 1 fully saturated rings.